The smallest absolute Gasteiger partial charge is 0.313 e. The molecule has 0 saturated carbocycles. The molecular formula is C9H13N5O3S. The maximum atomic E-state index is 11.4. The van der Waals surface area contributed by atoms with Crippen molar-refractivity contribution in [1.82, 2.24) is 25.1 Å². The Bertz CT molecular complexity index is 463. The van der Waals surface area contributed by atoms with Crippen LogP contribution in [0.4, 0.5) is 0 Å². The largest absolute Gasteiger partial charge is 0.481 e. The summed E-state index contributed by atoms with van der Waals surface area (Å²) in [5, 5.41) is 20.4. The summed E-state index contributed by atoms with van der Waals surface area (Å²) in [6, 6.07) is 0.0130. The van der Waals surface area contributed by atoms with Crippen LogP contribution in [0.5, 0.6) is 0 Å². The Morgan fingerprint density at radius 2 is 2.39 bits per heavy atom. The van der Waals surface area contributed by atoms with Crippen LogP contribution in [0, 0.1) is 0 Å². The van der Waals surface area contributed by atoms with Crippen molar-refractivity contribution in [2.45, 2.75) is 24.0 Å². The molecule has 98 valence electrons. The number of tetrazole rings is 1. The maximum Gasteiger partial charge on any atom is 0.313 e. The number of hydrogen-bond donors (Lipinski definition) is 1. The molecule has 1 amide bonds. The van der Waals surface area contributed by atoms with Crippen LogP contribution < -0.4 is 0 Å². The molecule has 0 aromatic carbocycles. The quantitative estimate of drug-likeness (QED) is 0.746. The van der Waals surface area contributed by atoms with Crippen molar-refractivity contribution >= 4 is 23.6 Å². The summed E-state index contributed by atoms with van der Waals surface area (Å²) in [6.45, 7) is 0.546. The zero-order chi connectivity index (χ0) is 13.1. The highest BCUT2D eigenvalue weighted by molar-refractivity contribution is 7.99. The van der Waals surface area contributed by atoms with Crippen LogP contribution in [0.2, 0.25) is 0 Å². The molecule has 1 fully saturated rings. The van der Waals surface area contributed by atoms with E-state index in [9.17, 15) is 9.59 Å². The van der Waals surface area contributed by atoms with Crippen molar-refractivity contribution < 1.29 is 14.7 Å². The molecule has 1 aromatic heterocycles. The Morgan fingerprint density at radius 3 is 3.06 bits per heavy atom. The van der Waals surface area contributed by atoms with Gasteiger partial charge in [-0.25, -0.2) is 4.68 Å². The second kappa shape index (κ2) is 5.34. The summed E-state index contributed by atoms with van der Waals surface area (Å²) in [7, 11) is 1.74. The predicted octanol–water partition coefficient (Wildman–Crippen LogP) is -0.357. The molecule has 0 radical (unpaired) electrons. The molecule has 9 heteroatoms. The summed E-state index contributed by atoms with van der Waals surface area (Å²) < 4.78 is 1.61. The normalized spacial score (nSPS) is 20.2. The van der Waals surface area contributed by atoms with Crippen molar-refractivity contribution in [1.29, 1.82) is 0 Å². The molecule has 8 nitrogen and oxygen atoms in total. The highest BCUT2D eigenvalue weighted by Crippen LogP contribution is 2.24. The second-order valence-electron chi connectivity index (χ2n) is 4.06. The van der Waals surface area contributed by atoms with Gasteiger partial charge >= 0.3 is 5.97 Å². The van der Waals surface area contributed by atoms with Gasteiger partial charge in [0.2, 0.25) is 11.1 Å². The molecular weight excluding hydrogens is 258 g/mol. The lowest BCUT2D eigenvalue weighted by molar-refractivity contribution is -0.134. The van der Waals surface area contributed by atoms with Crippen LogP contribution in [0.1, 0.15) is 18.9 Å². The van der Waals surface area contributed by atoms with Gasteiger partial charge in [0.25, 0.3) is 0 Å². The molecule has 1 unspecified atom stereocenters. The van der Waals surface area contributed by atoms with Gasteiger partial charge in [-0.15, -0.1) is 5.10 Å². The average molecular weight is 271 g/mol. The second-order valence-corrected chi connectivity index (χ2v) is 5.00. The van der Waals surface area contributed by atoms with Crippen molar-refractivity contribution in [2.75, 3.05) is 19.3 Å². The van der Waals surface area contributed by atoms with Gasteiger partial charge in [-0.2, -0.15) is 0 Å². The summed E-state index contributed by atoms with van der Waals surface area (Å²) in [6.07, 6.45) is 1.14. The third-order valence-electron chi connectivity index (χ3n) is 2.74. The molecule has 1 aliphatic rings. The van der Waals surface area contributed by atoms with Crippen LogP contribution in [-0.4, -0.2) is 61.4 Å². The van der Waals surface area contributed by atoms with E-state index in [0.717, 1.165) is 11.8 Å². The van der Waals surface area contributed by atoms with Crippen molar-refractivity contribution in [3.8, 4) is 0 Å². The monoisotopic (exact) mass is 271 g/mol. The van der Waals surface area contributed by atoms with E-state index in [2.05, 4.69) is 15.5 Å². The SMILES string of the molecule is CN1CC(n2nnnc2SCC(=O)O)CCC1=O. The zero-order valence-corrected chi connectivity index (χ0v) is 10.6. The molecule has 0 aliphatic carbocycles. The molecule has 0 bridgehead atoms. The lowest BCUT2D eigenvalue weighted by Gasteiger charge is -2.29. The first-order chi connectivity index (χ1) is 8.58. The van der Waals surface area contributed by atoms with Crippen molar-refractivity contribution in [2.24, 2.45) is 0 Å². The number of amides is 1. The molecule has 2 rings (SSSR count). The van der Waals surface area contributed by atoms with E-state index in [-0.39, 0.29) is 17.7 Å². The van der Waals surface area contributed by atoms with E-state index in [0.29, 0.717) is 24.5 Å². The number of carboxylic acid groups (broad SMARTS) is 1. The fourth-order valence-corrected chi connectivity index (χ4v) is 2.49. The number of piperidine rings is 1. The number of thioether (sulfide) groups is 1. The lowest BCUT2D eigenvalue weighted by atomic mass is 10.1. The number of rotatable bonds is 4. The van der Waals surface area contributed by atoms with E-state index < -0.39 is 5.97 Å². The standard InChI is InChI=1S/C9H13N5O3S/c1-13-4-6(2-3-7(13)15)14-9(10-11-12-14)18-5-8(16)17/h6H,2-5H2,1H3,(H,16,17). The number of carbonyl (C=O) groups excluding carboxylic acids is 1. The van der Waals surface area contributed by atoms with E-state index in [1.165, 1.54) is 0 Å². The molecule has 18 heavy (non-hydrogen) atoms. The topological polar surface area (TPSA) is 101 Å². The minimum Gasteiger partial charge on any atom is -0.481 e. The summed E-state index contributed by atoms with van der Waals surface area (Å²) in [4.78, 5) is 23.6. The number of carbonyl (C=O) groups is 2. The molecule has 1 aromatic rings. The molecule has 1 N–H and O–H groups in total. The minimum atomic E-state index is -0.912. The Kier molecular flexibility index (Phi) is 3.80. The fourth-order valence-electron chi connectivity index (χ4n) is 1.83. The summed E-state index contributed by atoms with van der Waals surface area (Å²) in [5.41, 5.74) is 0. The predicted molar refractivity (Wildman–Crippen MR) is 62.1 cm³/mol. The molecule has 1 atom stereocenters. The van der Waals surface area contributed by atoms with Gasteiger partial charge < -0.3 is 10.0 Å². The highest BCUT2D eigenvalue weighted by Gasteiger charge is 2.27. The molecule has 1 aliphatic heterocycles. The van der Waals surface area contributed by atoms with Gasteiger partial charge in [-0.3, -0.25) is 9.59 Å². The first-order valence-corrected chi connectivity index (χ1v) is 6.43. The van der Waals surface area contributed by atoms with Crippen LogP contribution in [0.15, 0.2) is 5.16 Å². The van der Waals surface area contributed by atoms with Gasteiger partial charge in [0, 0.05) is 20.0 Å². The summed E-state index contributed by atoms with van der Waals surface area (Å²) in [5.74, 6) is -0.883. The number of likely N-dealkylation sites (N-methyl/N-ethyl adjacent to an activating group) is 1. The molecule has 0 spiro atoms. The van der Waals surface area contributed by atoms with Crippen LogP contribution in [0.3, 0.4) is 0 Å². The van der Waals surface area contributed by atoms with Gasteiger partial charge in [-0.05, 0) is 16.8 Å². The minimum absolute atomic E-state index is 0.0130. The number of likely N-dealkylation sites (tertiary alicyclic amines) is 1. The third kappa shape index (κ3) is 2.78. The molecule has 1 saturated heterocycles. The van der Waals surface area contributed by atoms with E-state index in [1.54, 1.807) is 16.6 Å². The van der Waals surface area contributed by atoms with E-state index in [1.807, 2.05) is 0 Å². The van der Waals surface area contributed by atoms with Crippen molar-refractivity contribution in [3.63, 3.8) is 0 Å². The van der Waals surface area contributed by atoms with Crippen LogP contribution in [-0.2, 0) is 9.59 Å². The van der Waals surface area contributed by atoms with Gasteiger partial charge in [0.15, 0.2) is 0 Å². The van der Waals surface area contributed by atoms with Gasteiger partial charge in [-0.1, -0.05) is 11.8 Å². The van der Waals surface area contributed by atoms with Gasteiger partial charge in [0.1, 0.15) is 0 Å². The average Bonchev–Trinajstić information content (AvgIpc) is 2.78. The first-order valence-electron chi connectivity index (χ1n) is 5.44. The Labute approximate surface area is 107 Å². The summed E-state index contributed by atoms with van der Waals surface area (Å²) >= 11 is 1.08. The lowest BCUT2D eigenvalue weighted by Crippen LogP contribution is -2.38. The molecule has 2 heterocycles. The first kappa shape index (κ1) is 12.8. The number of aromatic nitrogens is 4. The van der Waals surface area contributed by atoms with E-state index >= 15 is 0 Å². The van der Waals surface area contributed by atoms with E-state index in [4.69, 9.17) is 5.11 Å². The number of nitrogens with zero attached hydrogens (tertiary/aromatic N) is 5. The van der Waals surface area contributed by atoms with Crippen molar-refractivity contribution in [3.05, 3.63) is 0 Å². The number of hydrogen-bond acceptors (Lipinski definition) is 6. The third-order valence-corrected chi connectivity index (χ3v) is 3.65. The number of aliphatic carboxylic acids is 1. The highest BCUT2D eigenvalue weighted by atomic mass is 32.2. The fraction of sp³-hybridized carbons (Fsp3) is 0.667. The van der Waals surface area contributed by atoms with Gasteiger partial charge in [0.05, 0.1) is 11.8 Å². The Hall–Kier alpha value is -1.64. The van der Waals surface area contributed by atoms with Crippen LogP contribution >= 0.6 is 11.8 Å². The van der Waals surface area contributed by atoms with Crippen LogP contribution in [0.25, 0.3) is 0 Å². The zero-order valence-electron chi connectivity index (χ0n) is 9.81. The maximum absolute atomic E-state index is 11.4. The Morgan fingerprint density at radius 1 is 1.61 bits per heavy atom. The number of carboxylic acids is 1. The Balaban J connectivity index is 2.06.